The lowest BCUT2D eigenvalue weighted by Crippen LogP contribution is -2.29. The molecule has 0 saturated heterocycles. The molecular weight excluding hydrogens is 262 g/mol. The predicted molar refractivity (Wildman–Crippen MR) is 73.3 cm³/mol. The van der Waals surface area contributed by atoms with Crippen LogP contribution in [0.3, 0.4) is 0 Å². The Morgan fingerprint density at radius 3 is 2.58 bits per heavy atom. The Hall–Kier alpha value is -1.89. The molecule has 0 aliphatic rings. The van der Waals surface area contributed by atoms with E-state index in [-0.39, 0.29) is 6.03 Å². The van der Waals surface area contributed by atoms with Crippen molar-refractivity contribution in [3.05, 3.63) is 35.7 Å². The summed E-state index contributed by atoms with van der Waals surface area (Å²) < 4.78 is 0. The van der Waals surface area contributed by atoms with Gasteiger partial charge in [0.05, 0.1) is 0 Å². The fourth-order valence-corrected chi connectivity index (χ4v) is 1.91. The van der Waals surface area contributed by atoms with E-state index in [1.807, 2.05) is 18.4 Å². The standard InChI is InChI=1S/C12H15N5OS/c1-16(2)12(18)17-14-11(13-15-17)8-9-4-6-10(19-3)7-5-9/h4-7H,8H2,1-3H3. The van der Waals surface area contributed by atoms with Crippen LogP contribution in [0.2, 0.25) is 0 Å². The van der Waals surface area contributed by atoms with Gasteiger partial charge in [0.15, 0.2) is 5.82 Å². The summed E-state index contributed by atoms with van der Waals surface area (Å²) in [6.07, 6.45) is 2.60. The van der Waals surface area contributed by atoms with E-state index in [4.69, 9.17) is 0 Å². The minimum Gasteiger partial charge on any atom is -0.328 e. The van der Waals surface area contributed by atoms with Crippen molar-refractivity contribution in [1.82, 2.24) is 25.1 Å². The van der Waals surface area contributed by atoms with Crippen LogP contribution < -0.4 is 0 Å². The highest BCUT2D eigenvalue weighted by Gasteiger charge is 2.12. The number of hydrogen-bond donors (Lipinski definition) is 0. The van der Waals surface area contributed by atoms with Crippen LogP contribution in [0.4, 0.5) is 4.79 Å². The molecule has 19 heavy (non-hydrogen) atoms. The van der Waals surface area contributed by atoms with Gasteiger partial charge in [-0.2, -0.15) is 0 Å². The fraction of sp³-hybridized carbons (Fsp3) is 0.333. The molecule has 1 heterocycles. The maximum atomic E-state index is 11.6. The first kappa shape index (κ1) is 13.5. The molecule has 7 heteroatoms. The van der Waals surface area contributed by atoms with Gasteiger partial charge in [0.25, 0.3) is 0 Å². The van der Waals surface area contributed by atoms with Gasteiger partial charge in [-0.05, 0) is 29.2 Å². The van der Waals surface area contributed by atoms with Crippen molar-refractivity contribution < 1.29 is 4.79 Å². The van der Waals surface area contributed by atoms with E-state index in [1.54, 1.807) is 25.9 Å². The topological polar surface area (TPSA) is 63.9 Å². The average molecular weight is 277 g/mol. The first-order valence-electron chi connectivity index (χ1n) is 5.73. The number of rotatable bonds is 3. The quantitative estimate of drug-likeness (QED) is 0.796. The summed E-state index contributed by atoms with van der Waals surface area (Å²) in [6, 6.07) is 7.85. The molecule has 2 rings (SSSR count). The second-order valence-corrected chi connectivity index (χ2v) is 5.08. The van der Waals surface area contributed by atoms with Crippen molar-refractivity contribution in [2.45, 2.75) is 11.3 Å². The Morgan fingerprint density at radius 2 is 2.00 bits per heavy atom. The first-order chi connectivity index (χ1) is 9.10. The summed E-state index contributed by atoms with van der Waals surface area (Å²) in [4.78, 5) is 15.2. The third-order valence-electron chi connectivity index (χ3n) is 2.53. The van der Waals surface area contributed by atoms with Gasteiger partial charge in [0.2, 0.25) is 0 Å². The average Bonchev–Trinajstić information content (AvgIpc) is 2.87. The number of benzene rings is 1. The van der Waals surface area contributed by atoms with Gasteiger partial charge in [0, 0.05) is 25.4 Å². The number of carbonyl (C=O) groups excluding carboxylic acids is 1. The smallest absolute Gasteiger partial charge is 0.328 e. The molecule has 0 bridgehead atoms. The maximum absolute atomic E-state index is 11.6. The van der Waals surface area contributed by atoms with Gasteiger partial charge in [-0.1, -0.05) is 16.9 Å². The van der Waals surface area contributed by atoms with Gasteiger partial charge < -0.3 is 4.90 Å². The van der Waals surface area contributed by atoms with Crippen molar-refractivity contribution in [3.8, 4) is 0 Å². The monoisotopic (exact) mass is 277 g/mol. The second-order valence-electron chi connectivity index (χ2n) is 4.20. The zero-order valence-electron chi connectivity index (χ0n) is 11.1. The molecule has 1 aromatic carbocycles. The number of amides is 1. The molecule has 100 valence electrons. The molecule has 0 aliphatic carbocycles. The van der Waals surface area contributed by atoms with Crippen LogP contribution in [0.5, 0.6) is 0 Å². The van der Waals surface area contributed by atoms with Crippen LogP contribution in [0, 0.1) is 0 Å². The first-order valence-corrected chi connectivity index (χ1v) is 6.96. The van der Waals surface area contributed by atoms with E-state index in [9.17, 15) is 4.79 Å². The number of tetrazole rings is 1. The van der Waals surface area contributed by atoms with E-state index in [2.05, 4.69) is 27.5 Å². The van der Waals surface area contributed by atoms with E-state index in [0.29, 0.717) is 12.2 Å². The van der Waals surface area contributed by atoms with Crippen LogP contribution >= 0.6 is 11.8 Å². The number of carbonyl (C=O) groups is 1. The summed E-state index contributed by atoms with van der Waals surface area (Å²) in [5, 5.41) is 11.7. The van der Waals surface area contributed by atoms with Crippen molar-refractivity contribution in [2.75, 3.05) is 20.4 Å². The number of nitrogens with zero attached hydrogens (tertiary/aromatic N) is 5. The Morgan fingerprint density at radius 1 is 1.32 bits per heavy atom. The fourth-order valence-electron chi connectivity index (χ4n) is 1.50. The third kappa shape index (κ3) is 3.31. The minimum atomic E-state index is -0.309. The Balaban J connectivity index is 2.09. The Labute approximate surface area is 115 Å². The zero-order chi connectivity index (χ0) is 13.8. The van der Waals surface area contributed by atoms with E-state index >= 15 is 0 Å². The van der Waals surface area contributed by atoms with Crippen LogP contribution in [0.1, 0.15) is 11.4 Å². The summed E-state index contributed by atoms with van der Waals surface area (Å²) >= 11 is 1.70. The molecule has 0 unspecified atom stereocenters. The predicted octanol–water partition coefficient (Wildman–Crippen LogP) is 1.52. The number of aromatic nitrogens is 4. The third-order valence-corrected chi connectivity index (χ3v) is 3.27. The number of hydrogen-bond acceptors (Lipinski definition) is 5. The molecular formula is C12H15N5OS. The second kappa shape index (κ2) is 5.83. The van der Waals surface area contributed by atoms with Gasteiger partial charge >= 0.3 is 6.03 Å². The zero-order valence-corrected chi connectivity index (χ0v) is 11.9. The van der Waals surface area contributed by atoms with E-state index in [1.165, 1.54) is 9.80 Å². The molecule has 6 nitrogen and oxygen atoms in total. The summed E-state index contributed by atoms with van der Waals surface area (Å²) in [7, 11) is 3.29. The van der Waals surface area contributed by atoms with Crippen molar-refractivity contribution in [2.24, 2.45) is 0 Å². The van der Waals surface area contributed by atoms with Gasteiger partial charge in [-0.3, -0.25) is 0 Å². The summed E-state index contributed by atoms with van der Waals surface area (Å²) in [6.45, 7) is 0. The molecule has 2 aromatic rings. The Bertz CT molecular complexity index is 564. The normalized spacial score (nSPS) is 10.5. The van der Waals surface area contributed by atoms with Crippen LogP contribution in [-0.2, 0) is 6.42 Å². The molecule has 0 spiro atoms. The largest absolute Gasteiger partial charge is 0.362 e. The SMILES string of the molecule is CSc1ccc(Cc2nnn(C(=O)N(C)C)n2)cc1. The molecule has 0 radical (unpaired) electrons. The van der Waals surface area contributed by atoms with Crippen LogP contribution in [0.15, 0.2) is 29.2 Å². The molecule has 0 fully saturated rings. The lowest BCUT2D eigenvalue weighted by molar-refractivity contribution is 0.211. The molecule has 0 atom stereocenters. The lowest BCUT2D eigenvalue weighted by atomic mass is 10.1. The van der Waals surface area contributed by atoms with Crippen LogP contribution in [0.25, 0.3) is 0 Å². The molecule has 0 saturated carbocycles. The van der Waals surface area contributed by atoms with Crippen molar-refractivity contribution >= 4 is 17.8 Å². The maximum Gasteiger partial charge on any atom is 0.362 e. The lowest BCUT2D eigenvalue weighted by Gasteiger charge is -2.06. The van der Waals surface area contributed by atoms with Crippen molar-refractivity contribution in [3.63, 3.8) is 0 Å². The molecule has 1 amide bonds. The highest BCUT2D eigenvalue weighted by molar-refractivity contribution is 7.98. The number of thioether (sulfide) groups is 1. The Kier molecular flexibility index (Phi) is 4.16. The summed E-state index contributed by atoms with van der Waals surface area (Å²) in [5.41, 5.74) is 1.09. The van der Waals surface area contributed by atoms with Crippen molar-refractivity contribution in [1.29, 1.82) is 0 Å². The molecule has 0 aliphatic heterocycles. The van der Waals surface area contributed by atoms with Crippen LogP contribution in [-0.4, -0.2) is 51.5 Å². The minimum absolute atomic E-state index is 0.309. The highest BCUT2D eigenvalue weighted by atomic mass is 32.2. The summed E-state index contributed by atoms with van der Waals surface area (Å²) in [5.74, 6) is 0.534. The van der Waals surface area contributed by atoms with E-state index < -0.39 is 0 Å². The van der Waals surface area contributed by atoms with Gasteiger partial charge in [0.1, 0.15) is 0 Å². The highest BCUT2D eigenvalue weighted by Crippen LogP contribution is 2.15. The van der Waals surface area contributed by atoms with E-state index in [0.717, 1.165) is 10.4 Å². The molecule has 1 aromatic heterocycles. The van der Waals surface area contributed by atoms with Gasteiger partial charge in [-0.25, -0.2) is 4.79 Å². The van der Waals surface area contributed by atoms with Gasteiger partial charge in [-0.15, -0.1) is 22.0 Å². The molecule has 0 N–H and O–H groups in total.